The van der Waals surface area contributed by atoms with Gasteiger partial charge >= 0.3 is 0 Å². The van der Waals surface area contributed by atoms with E-state index in [0.717, 1.165) is 72.1 Å². The van der Waals surface area contributed by atoms with Crippen LogP contribution in [0.15, 0.2) is 197 Å². The maximum Gasteiger partial charge on any atom is 0.143 e. The number of rotatable bonds is 6. The monoisotopic (exact) mass is 653 g/mol. The molecule has 2 heterocycles. The molecule has 8 aromatic carbocycles. The summed E-state index contributed by atoms with van der Waals surface area (Å²) in [5.74, 6) is 0. The van der Waals surface area contributed by atoms with Gasteiger partial charge in [-0.3, -0.25) is 0 Å². The van der Waals surface area contributed by atoms with Gasteiger partial charge in [0.15, 0.2) is 0 Å². The highest BCUT2D eigenvalue weighted by Gasteiger charge is 2.21. The maximum atomic E-state index is 6.67. The van der Waals surface area contributed by atoms with E-state index in [9.17, 15) is 0 Å². The van der Waals surface area contributed by atoms with Crippen molar-refractivity contribution in [3.05, 3.63) is 188 Å². The average Bonchev–Trinajstić information content (AvgIpc) is 3.76. The predicted octanol–water partition coefficient (Wildman–Crippen LogP) is 14.0. The number of furan rings is 2. The molecule has 10 aromatic rings. The van der Waals surface area contributed by atoms with Gasteiger partial charge in [0.1, 0.15) is 22.3 Å². The Bertz CT molecular complexity index is 2820. The molecule has 0 saturated carbocycles. The van der Waals surface area contributed by atoms with E-state index in [1.807, 2.05) is 6.07 Å². The van der Waals surface area contributed by atoms with Gasteiger partial charge in [0.05, 0.1) is 11.1 Å². The van der Waals surface area contributed by atoms with Crippen molar-refractivity contribution in [1.29, 1.82) is 0 Å². The quantitative estimate of drug-likeness (QED) is 0.179. The van der Waals surface area contributed by atoms with Gasteiger partial charge < -0.3 is 13.7 Å². The average molecular weight is 654 g/mol. The molecule has 0 fully saturated rings. The summed E-state index contributed by atoms with van der Waals surface area (Å²) < 4.78 is 13.3. The first kappa shape index (κ1) is 29.1. The summed E-state index contributed by atoms with van der Waals surface area (Å²) >= 11 is 0. The van der Waals surface area contributed by atoms with Gasteiger partial charge in [-0.05, 0) is 76.3 Å². The van der Waals surface area contributed by atoms with Crippen LogP contribution in [0.5, 0.6) is 0 Å². The third-order valence-electron chi connectivity index (χ3n) is 9.88. The summed E-state index contributed by atoms with van der Waals surface area (Å²) in [7, 11) is 0. The third kappa shape index (κ3) is 4.98. The van der Waals surface area contributed by atoms with Gasteiger partial charge in [0.2, 0.25) is 0 Å². The van der Waals surface area contributed by atoms with E-state index in [-0.39, 0.29) is 0 Å². The molecule has 51 heavy (non-hydrogen) atoms. The van der Waals surface area contributed by atoms with Gasteiger partial charge in [-0.1, -0.05) is 140 Å². The second kappa shape index (κ2) is 11.9. The SMILES string of the molecule is c1ccc(-c2ccc(-c3ccc(N(c4ccccc4)c4cccc5oc6cc7c(cc6c45)oc4c(-c5ccccc5)cccc47)cc3)cc2)cc1. The maximum absolute atomic E-state index is 6.67. The minimum Gasteiger partial charge on any atom is -0.456 e. The van der Waals surface area contributed by atoms with Crippen LogP contribution in [0, 0.1) is 0 Å². The second-order valence-electron chi connectivity index (χ2n) is 12.9. The van der Waals surface area contributed by atoms with Crippen LogP contribution in [-0.2, 0) is 0 Å². The Hall–Kier alpha value is -6.84. The standard InChI is InChI=1S/C48H31NO2/c1-4-12-32(13-5-1)33-22-24-34(25-23-33)35-26-28-38(29-27-35)49(37-16-8-3-9-17-37)43-20-11-21-44-47(43)42-31-45-41(30-46(42)50-44)40-19-10-18-39(48(40)51-45)36-14-6-2-7-15-36/h1-31H. The topological polar surface area (TPSA) is 29.5 Å². The van der Waals surface area contributed by atoms with E-state index in [0.29, 0.717) is 0 Å². The Labute approximate surface area is 295 Å². The van der Waals surface area contributed by atoms with Crippen LogP contribution in [-0.4, -0.2) is 0 Å². The molecule has 3 heteroatoms. The Morgan fingerprint density at radius 2 is 0.863 bits per heavy atom. The summed E-state index contributed by atoms with van der Waals surface area (Å²) in [5, 5.41) is 4.19. The number of hydrogen-bond donors (Lipinski definition) is 0. The molecular weight excluding hydrogens is 623 g/mol. The minimum absolute atomic E-state index is 0.833. The molecule has 0 aliphatic rings. The van der Waals surface area contributed by atoms with Crippen LogP contribution in [0.3, 0.4) is 0 Å². The molecule has 0 aliphatic heterocycles. The number of nitrogens with zero attached hydrogens (tertiary/aromatic N) is 1. The van der Waals surface area contributed by atoms with Gasteiger partial charge in [-0.15, -0.1) is 0 Å². The van der Waals surface area contributed by atoms with Gasteiger partial charge in [-0.2, -0.15) is 0 Å². The lowest BCUT2D eigenvalue weighted by molar-refractivity contribution is 0.664. The zero-order valence-corrected chi connectivity index (χ0v) is 27.7. The van der Waals surface area contributed by atoms with E-state index in [2.05, 4.69) is 187 Å². The number of anilines is 3. The first-order valence-corrected chi connectivity index (χ1v) is 17.3. The molecule has 0 amide bonds. The van der Waals surface area contributed by atoms with Crippen LogP contribution in [0.25, 0.3) is 77.3 Å². The number of fused-ring (bicyclic) bond motifs is 6. The first-order valence-electron chi connectivity index (χ1n) is 17.3. The number of hydrogen-bond acceptors (Lipinski definition) is 3. The lowest BCUT2D eigenvalue weighted by Crippen LogP contribution is -2.10. The second-order valence-corrected chi connectivity index (χ2v) is 12.9. The van der Waals surface area contributed by atoms with E-state index in [4.69, 9.17) is 8.83 Å². The summed E-state index contributed by atoms with van der Waals surface area (Å²) in [5.41, 5.74) is 13.6. The number of para-hydroxylation sites is 2. The molecule has 10 rings (SSSR count). The lowest BCUT2D eigenvalue weighted by Gasteiger charge is -2.26. The van der Waals surface area contributed by atoms with Crippen LogP contribution < -0.4 is 4.90 Å². The van der Waals surface area contributed by atoms with E-state index in [1.54, 1.807) is 0 Å². The molecule has 0 saturated heterocycles. The van der Waals surface area contributed by atoms with Gasteiger partial charge in [-0.25, -0.2) is 0 Å². The van der Waals surface area contributed by atoms with Crippen molar-refractivity contribution >= 4 is 60.9 Å². The smallest absolute Gasteiger partial charge is 0.143 e. The van der Waals surface area contributed by atoms with E-state index < -0.39 is 0 Å². The molecule has 2 aromatic heterocycles. The highest BCUT2D eigenvalue weighted by Crippen LogP contribution is 2.45. The Morgan fingerprint density at radius 3 is 1.55 bits per heavy atom. The van der Waals surface area contributed by atoms with Crippen molar-refractivity contribution in [1.82, 2.24) is 0 Å². The fraction of sp³-hybridized carbons (Fsp3) is 0. The Kier molecular flexibility index (Phi) is 6.81. The van der Waals surface area contributed by atoms with Crippen molar-refractivity contribution in [2.45, 2.75) is 0 Å². The van der Waals surface area contributed by atoms with Crippen molar-refractivity contribution in [3.8, 4) is 33.4 Å². The highest BCUT2D eigenvalue weighted by atomic mass is 16.3. The first-order chi connectivity index (χ1) is 25.3. The molecule has 0 N–H and O–H groups in total. The molecule has 0 atom stereocenters. The predicted molar refractivity (Wildman–Crippen MR) is 212 cm³/mol. The van der Waals surface area contributed by atoms with Crippen molar-refractivity contribution in [2.24, 2.45) is 0 Å². The summed E-state index contributed by atoms with van der Waals surface area (Å²) in [6.07, 6.45) is 0. The van der Waals surface area contributed by atoms with Gasteiger partial charge in [0.25, 0.3) is 0 Å². The van der Waals surface area contributed by atoms with E-state index >= 15 is 0 Å². The largest absolute Gasteiger partial charge is 0.456 e. The van der Waals surface area contributed by atoms with Crippen LogP contribution in [0.1, 0.15) is 0 Å². The summed E-state index contributed by atoms with van der Waals surface area (Å²) in [6.45, 7) is 0. The molecular formula is C48H31NO2. The van der Waals surface area contributed by atoms with Crippen molar-refractivity contribution in [3.63, 3.8) is 0 Å². The normalized spacial score (nSPS) is 11.5. The van der Waals surface area contributed by atoms with Crippen LogP contribution in [0.2, 0.25) is 0 Å². The zero-order chi connectivity index (χ0) is 33.7. The molecule has 0 radical (unpaired) electrons. The molecule has 0 aliphatic carbocycles. The lowest BCUT2D eigenvalue weighted by atomic mass is 10.00. The fourth-order valence-corrected chi connectivity index (χ4v) is 7.42. The summed E-state index contributed by atoms with van der Waals surface area (Å²) in [6, 6.07) is 66.0. The fourth-order valence-electron chi connectivity index (χ4n) is 7.42. The zero-order valence-electron chi connectivity index (χ0n) is 27.7. The highest BCUT2D eigenvalue weighted by molar-refractivity contribution is 6.19. The Morgan fingerprint density at radius 1 is 0.333 bits per heavy atom. The Balaban J connectivity index is 1.10. The third-order valence-corrected chi connectivity index (χ3v) is 9.88. The summed E-state index contributed by atoms with van der Waals surface area (Å²) in [4.78, 5) is 2.32. The molecule has 0 unspecified atom stereocenters. The van der Waals surface area contributed by atoms with Crippen molar-refractivity contribution in [2.75, 3.05) is 4.90 Å². The van der Waals surface area contributed by atoms with Gasteiger partial charge in [0, 0.05) is 33.1 Å². The van der Waals surface area contributed by atoms with Crippen LogP contribution in [0.4, 0.5) is 17.1 Å². The molecule has 240 valence electrons. The number of benzene rings is 8. The van der Waals surface area contributed by atoms with E-state index in [1.165, 1.54) is 22.3 Å². The minimum atomic E-state index is 0.833. The van der Waals surface area contributed by atoms with Crippen LogP contribution >= 0.6 is 0 Å². The van der Waals surface area contributed by atoms with Crippen molar-refractivity contribution < 1.29 is 8.83 Å². The molecule has 3 nitrogen and oxygen atoms in total. The molecule has 0 spiro atoms. The molecule has 0 bridgehead atoms.